The van der Waals surface area contributed by atoms with Crippen molar-refractivity contribution in [2.24, 2.45) is 5.92 Å². The average molecular weight is 340 g/mol. The zero-order chi connectivity index (χ0) is 13.5. The summed E-state index contributed by atoms with van der Waals surface area (Å²) in [6.45, 7) is 0. The van der Waals surface area contributed by atoms with Crippen LogP contribution in [0.1, 0.15) is 12.8 Å². The largest absolute Gasteiger partial charge is 0.283 e. The number of fused-ring (bicyclic) bond motifs is 1. The Labute approximate surface area is 121 Å². The smallest absolute Gasteiger partial charge is 0.233 e. The minimum atomic E-state index is -3.24. The van der Waals surface area contributed by atoms with E-state index in [-0.39, 0.29) is 5.75 Å². The van der Waals surface area contributed by atoms with Crippen molar-refractivity contribution in [3.8, 4) is 0 Å². The van der Waals surface area contributed by atoms with Crippen LogP contribution in [0, 0.1) is 5.92 Å². The Hall–Kier alpha value is -1.07. The number of benzene rings is 2. The number of anilines is 1. The lowest BCUT2D eigenvalue weighted by atomic mass is 10.1. The van der Waals surface area contributed by atoms with Crippen molar-refractivity contribution in [3.05, 3.63) is 40.9 Å². The molecule has 1 fully saturated rings. The van der Waals surface area contributed by atoms with Gasteiger partial charge in [-0.2, -0.15) is 0 Å². The van der Waals surface area contributed by atoms with Gasteiger partial charge in [0.15, 0.2) is 0 Å². The van der Waals surface area contributed by atoms with Gasteiger partial charge in [0.1, 0.15) is 0 Å². The van der Waals surface area contributed by atoms with Gasteiger partial charge in [0.05, 0.1) is 11.4 Å². The first kappa shape index (κ1) is 12.9. The van der Waals surface area contributed by atoms with Gasteiger partial charge in [-0.3, -0.25) is 4.72 Å². The van der Waals surface area contributed by atoms with E-state index >= 15 is 0 Å². The molecule has 0 radical (unpaired) electrons. The molecule has 5 heteroatoms. The fourth-order valence-corrected chi connectivity index (χ4v) is 4.18. The zero-order valence-electron chi connectivity index (χ0n) is 10.3. The zero-order valence-corrected chi connectivity index (χ0v) is 12.7. The van der Waals surface area contributed by atoms with Crippen LogP contribution in [0.25, 0.3) is 10.8 Å². The number of sulfonamides is 1. The second-order valence-electron chi connectivity index (χ2n) is 4.97. The van der Waals surface area contributed by atoms with Crippen LogP contribution >= 0.6 is 15.9 Å². The third-order valence-electron chi connectivity index (χ3n) is 3.29. The van der Waals surface area contributed by atoms with Gasteiger partial charge in [-0.15, -0.1) is 0 Å². The summed E-state index contributed by atoms with van der Waals surface area (Å²) in [7, 11) is -3.24. The monoisotopic (exact) mass is 339 g/mol. The molecule has 0 saturated heterocycles. The van der Waals surface area contributed by atoms with E-state index in [1.54, 1.807) is 6.07 Å². The normalized spacial score (nSPS) is 15.6. The minimum Gasteiger partial charge on any atom is -0.283 e. The van der Waals surface area contributed by atoms with Gasteiger partial charge in [0.25, 0.3) is 0 Å². The molecular weight excluding hydrogens is 326 g/mol. The quantitative estimate of drug-likeness (QED) is 0.921. The van der Waals surface area contributed by atoms with Gasteiger partial charge in [-0.1, -0.05) is 40.2 Å². The maximum Gasteiger partial charge on any atom is 0.233 e. The summed E-state index contributed by atoms with van der Waals surface area (Å²) in [5, 5.41) is 1.92. The summed E-state index contributed by atoms with van der Waals surface area (Å²) < 4.78 is 27.8. The van der Waals surface area contributed by atoms with Crippen molar-refractivity contribution in [2.45, 2.75) is 12.8 Å². The van der Waals surface area contributed by atoms with Gasteiger partial charge in [-0.05, 0) is 36.3 Å². The highest BCUT2D eigenvalue weighted by Crippen LogP contribution is 2.33. The Bertz CT molecular complexity index is 723. The highest BCUT2D eigenvalue weighted by atomic mass is 79.9. The number of hydrogen-bond donors (Lipinski definition) is 1. The molecule has 1 saturated carbocycles. The fourth-order valence-electron chi connectivity index (χ4n) is 2.16. The molecule has 0 unspecified atom stereocenters. The first-order valence-corrected chi connectivity index (χ1v) is 8.67. The van der Waals surface area contributed by atoms with E-state index in [1.807, 2.05) is 30.3 Å². The Balaban J connectivity index is 1.99. The Morgan fingerprint density at radius 3 is 2.47 bits per heavy atom. The van der Waals surface area contributed by atoms with Gasteiger partial charge >= 0.3 is 0 Å². The third kappa shape index (κ3) is 2.92. The van der Waals surface area contributed by atoms with E-state index in [9.17, 15) is 8.42 Å². The molecule has 0 aromatic heterocycles. The van der Waals surface area contributed by atoms with Crippen molar-refractivity contribution < 1.29 is 8.42 Å². The lowest BCUT2D eigenvalue weighted by Gasteiger charge is -2.11. The van der Waals surface area contributed by atoms with E-state index in [0.29, 0.717) is 11.6 Å². The van der Waals surface area contributed by atoms with E-state index in [1.165, 1.54) is 0 Å². The summed E-state index contributed by atoms with van der Waals surface area (Å²) in [4.78, 5) is 0. The van der Waals surface area contributed by atoms with Crippen LogP contribution in [0.2, 0.25) is 0 Å². The van der Waals surface area contributed by atoms with Crippen LogP contribution in [0.3, 0.4) is 0 Å². The number of nitrogens with one attached hydrogen (secondary N) is 1. The van der Waals surface area contributed by atoms with E-state index in [4.69, 9.17) is 0 Å². The summed E-state index contributed by atoms with van der Waals surface area (Å²) in [6.07, 6.45) is 2.06. The molecule has 0 heterocycles. The lowest BCUT2D eigenvalue weighted by molar-refractivity contribution is 0.597. The maximum absolute atomic E-state index is 12.1. The molecule has 0 amide bonds. The molecule has 0 spiro atoms. The first-order valence-electron chi connectivity index (χ1n) is 6.23. The molecule has 19 heavy (non-hydrogen) atoms. The molecule has 0 atom stereocenters. The van der Waals surface area contributed by atoms with E-state index in [2.05, 4.69) is 20.7 Å². The number of hydrogen-bond acceptors (Lipinski definition) is 2. The average Bonchev–Trinajstić information content (AvgIpc) is 3.16. The highest BCUT2D eigenvalue weighted by molar-refractivity contribution is 9.10. The van der Waals surface area contributed by atoms with Crippen molar-refractivity contribution >= 4 is 42.4 Å². The van der Waals surface area contributed by atoms with Crippen LogP contribution in [-0.4, -0.2) is 14.2 Å². The number of rotatable bonds is 4. The van der Waals surface area contributed by atoms with Crippen LogP contribution in [0.5, 0.6) is 0 Å². The maximum atomic E-state index is 12.1. The predicted octanol–water partition coefficient (Wildman–Crippen LogP) is 3.75. The minimum absolute atomic E-state index is 0.234. The van der Waals surface area contributed by atoms with Crippen molar-refractivity contribution in [3.63, 3.8) is 0 Å². The van der Waals surface area contributed by atoms with Crippen LogP contribution < -0.4 is 4.72 Å². The van der Waals surface area contributed by atoms with Gasteiger partial charge in [0.2, 0.25) is 10.0 Å². The summed E-state index contributed by atoms with van der Waals surface area (Å²) >= 11 is 3.48. The van der Waals surface area contributed by atoms with Crippen LogP contribution in [0.15, 0.2) is 40.9 Å². The molecule has 0 bridgehead atoms. The molecule has 100 valence electrons. The molecular formula is C14H14BrNO2S. The molecule has 2 aromatic rings. The molecule has 2 aromatic carbocycles. The standard InChI is InChI=1S/C14H14BrNO2S/c15-13-7-8-14(12-4-2-1-3-11(12)13)16-19(17,18)9-10-5-6-10/h1-4,7-8,10,16H,5-6,9H2. The van der Waals surface area contributed by atoms with Gasteiger partial charge in [0, 0.05) is 9.86 Å². The second-order valence-corrected chi connectivity index (χ2v) is 7.59. The molecule has 0 aliphatic heterocycles. The Kier molecular flexibility index (Phi) is 3.27. The van der Waals surface area contributed by atoms with Crippen molar-refractivity contribution in [1.82, 2.24) is 0 Å². The SMILES string of the molecule is O=S(=O)(CC1CC1)Nc1ccc(Br)c2ccccc12. The first-order chi connectivity index (χ1) is 9.05. The van der Waals surface area contributed by atoms with Crippen molar-refractivity contribution in [1.29, 1.82) is 0 Å². The Morgan fingerprint density at radius 1 is 1.11 bits per heavy atom. The topological polar surface area (TPSA) is 46.2 Å². The fraction of sp³-hybridized carbons (Fsp3) is 0.286. The molecule has 3 nitrogen and oxygen atoms in total. The highest BCUT2D eigenvalue weighted by Gasteiger charge is 2.28. The summed E-state index contributed by atoms with van der Waals surface area (Å²) in [6, 6.07) is 11.4. The lowest BCUT2D eigenvalue weighted by Crippen LogP contribution is -2.18. The van der Waals surface area contributed by atoms with Crippen LogP contribution in [0.4, 0.5) is 5.69 Å². The second kappa shape index (κ2) is 4.80. The summed E-state index contributed by atoms with van der Waals surface area (Å²) in [5.41, 5.74) is 0.652. The summed E-state index contributed by atoms with van der Waals surface area (Å²) in [5.74, 6) is 0.580. The molecule has 1 aliphatic rings. The Morgan fingerprint density at radius 2 is 1.79 bits per heavy atom. The van der Waals surface area contributed by atoms with Gasteiger partial charge < -0.3 is 0 Å². The van der Waals surface area contributed by atoms with Crippen LogP contribution in [-0.2, 0) is 10.0 Å². The molecule has 1 aliphatic carbocycles. The third-order valence-corrected chi connectivity index (χ3v) is 5.42. The van der Waals surface area contributed by atoms with Gasteiger partial charge in [-0.25, -0.2) is 8.42 Å². The van der Waals surface area contributed by atoms with E-state index in [0.717, 1.165) is 28.1 Å². The predicted molar refractivity (Wildman–Crippen MR) is 81.8 cm³/mol. The van der Waals surface area contributed by atoms with E-state index < -0.39 is 10.0 Å². The number of halogens is 1. The molecule has 1 N–H and O–H groups in total. The molecule has 3 rings (SSSR count). The van der Waals surface area contributed by atoms with Crippen molar-refractivity contribution in [2.75, 3.05) is 10.5 Å².